The van der Waals surface area contributed by atoms with Gasteiger partial charge >= 0.3 is 5.97 Å². The zero-order chi connectivity index (χ0) is 10.7. The summed E-state index contributed by atoms with van der Waals surface area (Å²) in [7, 11) is 0. The average Bonchev–Trinajstić information content (AvgIpc) is 2.07. The Kier molecular flexibility index (Phi) is 2.82. The SMILES string of the molecule is O=C(O)CN1C=CC=C([N+](=O)[O-])C1O. The largest absolute Gasteiger partial charge is 0.480 e. The van der Waals surface area contributed by atoms with Crippen LogP contribution >= 0.6 is 0 Å². The van der Waals surface area contributed by atoms with Crippen molar-refractivity contribution in [3.63, 3.8) is 0 Å². The summed E-state index contributed by atoms with van der Waals surface area (Å²) >= 11 is 0. The molecule has 1 rings (SSSR count). The number of carboxylic acids is 1. The Labute approximate surface area is 78.7 Å². The lowest BCUT2D eigenvalue weighted by atomic mass is 10.2. The highest BCUT2D eigenvalue weighted by molar-refractivity contribution is 5.69. The zero-order valence-electron chi connectivity index (χ0n) is 7.03. The molecule has 0 bridgehead atoms. The van der Waals surface area contributed by atoms with Gasteiger partial charge in [0.15, 0.2) is 0 Å². The number of nitro groups is 1. The van der Waals surface area contributed by atoms with Crippen molar-refractivity contribution >= 4 is 5.97 Å². The molecule has 1 heterocycles. The van der Waals surface area contributed by atoms with Gasteiger partial charge in [-0.3, -0.25) is 14.9 Å². The number of carboxylic acid groups (broad SMARTS) is 1. The standard InChI is InChI=1S/C7H8N2O5/c10-6(11)4-8-3-1-2-5(7(8)12)9(13)14/h1-3,7,12H,4H2,(H,10,11). The first-order chi connectivity index (χ1) is 6.52. The van der Waals surface area contributed by atoms with E-state index in [1.54, 1.807) is 0 Å². The molecule has 0 spiro atoms. The second-order valence-corrected chi connectivity index (χ2v) is 2.63. The minimum absolute atomic E-state index is 0.436. The van der Waals surface area contributed by atoms with E-state index in [9.17, 15) is 20.0 Å². The number of rotatable bonds is 3. The monoisotopic (exact) mass is 200 g/mol. The number of carbonyl (C=O) groups is 1. The number of allylic oxidation sites excluding steroid dienone is 2. The predicted molar refractivity (Wildman–Crippen MR) is 44.6 cm³/mol. The van der Waals surface area contributed by atoms with Crippen molar-refractivity contribution < 1.29 is 19.9 Å². The van der Waals surface area contributed by atoms with E-state index < -0.39 is 29.4 Å². The molecule has 0 aromatic heterocycles. The Bertz CT molecular complexity index is 322. The van der Waals surface area contributed by atoms with Crippen LogP contribution in [0, 0.1) is 10.1 Å². The third-order valence-electron chi connectivity index (χ3n) is 1.65. The summed E-state index contributed by atoms with van der Waals surface area (Å²) < 4.78 is 0. The maximum atomic E-state index is 10.4. The summed E-state index contributed by atoms with van der Waals surface area (Å²) in [5.41, 5.74) is -0.436. The molecule has 0 saturated carbocycles. The third kappa shape index (κ3) is 2.07. The number of hydrogen-bond acceptors (Lipinski definition) is 5. The second-order valence-electron chi connectivity index (χ2n) is 2.63. The van der Waals surface area contributed by atoms with Gasteiger partial charge in [0.25, 0.3) is 5.70 Å². The minimum atomic E-state index is -1.51. The van der Waals surface area contributed by atoms with Crippen LogP contribution in [0.15, 0.2) is 24.0 Å². The second kappa shape index (κ2) is 3.88. The van der Waals surface area contributed by atoms with E-state index in [0.29, 0.717) is 0 Å². The average molecular weight is 200 g/mol. The van der Waals surface area contributed by atoms with Crippen molar-refractivity contribution in [3.05, 3.63) is 34.2 Å². The fraction of sp³-hybridized carbons (Fsp3) is 0.286. The van der Waals surface area contributed by atoms with Crippen LogP contribution in [0.25, 0.3) is 0 Å². The van der Waals surface area contributed by atoms with Crippen molar-refractivity contribution in [1.29, 1.82) is 0 Å². The van der Waals surface area contributed by atoms with Gasteiger partial charge in [-0.15, -0.1) is 0 Å². The van der Waals surface area contributed by atoms with Crippen LogP contribution in [-0.2, 0) is 4.79 Å². The molecule has 1 unspecified atom stereocenters. The summed E-state index contributed by atoms with van der Waals surface area (Å²) in [5.74, 6) is -1.17. The summed E-state index contributed by atoms with van der Waals surface area (Å²) in [6, 6.07) is 0. The van der Waals surface area contributed by atoms with E-state index in [1.165, 1.54) is 12.3 Å². The molecule has 0 saturated heterocycles. The highest BCUT2D eigenvalue weighted by Crippen LogP contribution is 2.14. The highest BCUT2D eigenvalue weighted by atomic mass is 16.6. The first-order valence-corrected chi connectivity index (χ1v) is 3.70. The van der Waals surface area contributed by atoms with Crippen molar-refractivity contribution in [2.75, 3.05) is 6.54 Å². The minimum Gasteiger partial charge on any atom is -0.480 e. The molecule has 1 atom stereocenters. The maximum Gasteiger partial charge on any atom is 0.323 e. The maximum absolute atomic E-state index is 10.4. The van der Waals surface area contributed by atoms with Gasteiger partial charge in [0.05, 0.1) is 4.92 Å². The lowest BCUT2D eigenvalue weighted by Gasteiger charge is -2.24. The lowest BCUT2D eigenvalue weighted by Crippen LogP contribution is -2.39. The van der Waals surface area contributed by atoms with Gasteiger partial charge < -0.3 is 15.1 Å². The Morgan fingerprint density at radius 2 is 2.36 bits per heavy atom. The van der Waals surface area contributed by atoms with Gasteiger partial charge in [0.1, 0.15) is 6.54 Å². The lowest BCUT2D eigenvalue weighted by molar-refractivity contribution is -0.441. The first-order valence-electron chi connectivity index (χ1n) is 3.70. The topological polar surface area (TPSA) is 104 Å². The smallest absolute Gasteiger partial charge is 0.323 e. The van der Waals surface area contributed by atoms with Gasteiger partial charge in [0, 0.05) is 12.3 Å². The third-order valence-corrected chi connectivity index (χ3v) is 1.65. The van der Waals surface area contributed by atoms with Gasteiger partial charge in [0.2, 0.25) is 6.23 Å². The molecule has 7 nitrogen and oxygen atoms in total. The normalized spacial score (nSPS) is 20.5. The molecule has 0 amide bonds. The van der Waals surface area contributed by atoms with Crippen molar-refractivity contribution in [3.8, 4) is 0 Å². The van der Waals surface area contributed by atoms with Crippen molar-refractivity contribution in [2.24, 2.45) is 0 Å². The number of nitrogens with zero attached hydrogens (tertiary/aromatic N) is 2. The summed E-state index contributed by atoms with van der Waals surface area (Å²) in [5, 5.41) is 28.1. The summed E-state index contributed by atoms with van der Waals surface area (Å²) in [6.45, 7) is -0.483. The van der Waals surface area contributed by atoms with E-state index in [0.717, 1.165) is 11.0 Å². The van der Waals surface area contributed by atoms with E-state index in [4.69, 9.17) is 5.11 Å². The molecule has 76 valence electrons. The number of aliphatic carboxylic acids is 1. The van der Waals surface area contributed by atoms with Crippen LogP contribution in [0.4, 0.5) is 0 Å². The highest BCUT2D eigenvalue weighted by Gasteiger charge is 2.29. The molecule has 0 fully saturated rings. The Morgan fingerprint density at radius 3 is 2.86 bits per heavy atom. The molecule has 2 N–H and O–H groups in total. The molecule has 0 radical (unpaired) electrons. The molecule has 1 aliphatic rings. The van der Waals surface area contributed by atoms with E-state index in [-0.39, 0.29) is 0 Å². The number of hydrogen-bond donors (Lipinski definition) is 2. The van der Waals surface area contributed by atoms with Crippen molar-refractivity contribution in [2.45, 2.75) is 6.23 Å². The molecule has 0 aliphatic carbocycles. The Hall–Kier alpha value is -1.89. The number of aliphatic hydroxyl groups is 1. The summed E-state index contributed by atoms with van der Waals surface area (Å²) in [4.78, 5) is 20.9. The zero-order valence-corrected chi connectivity index (χ0v) is 7.03. The van der Waals surface area contributed by atoms with Gasteiger partial charge in [-0.2, -0.15) is 0 Å². The molecular weight excluding hydrogens is 192 g/mol. The summed E-state index contributed by atoms with van der Waals surface area (Å²) in [6.07, 6.45) is 2.22. The number of aliphatic hydroxyl groups excluding tert-OH is 1. The molecular formula is C7H8N2O5. The molecule has 0 aromatic rings. The van der Waals surface area contributed by atoms with Crippen LogP contribution in [0.1, 0.15) is 0 Å². The van der Waals surface area contributed by atoms with Crippen LogP contribution in [0.2, 0.25) is 0 Å². The van der Waals surface area contributed by atoms with Crippen LogP contribution in [0.5, 0.6) is 0 Å². The quantitative estimate of drug-likeness (QED) is 0.464. The van der Waals surface area contributed by atoms with Gasteiger partial charge in [-0.05, 0) is 6.08 Å². The van der Waals surface area contributed by atoms with Crippen LogP contribution < -0.4 is 0 Å². The molecule has 1 aliphatic heterocycles. The molecule has 0 aromatic carbocycles. The molecule has 14 heavy (non-hydrogen) atoms. The molecule has 7 heteroatoms. The van der Waals surface area contributed by atoms with Crippen LogP contribution in [0.3, 0.4) is 0 Å². The van der Waals surface area contributed by atoms with Gasteiger partial charge in [-0.1, -0.05) is 0 Å². The van der Waals surface area contributed by atoms with E-state index in [1.807, 2.05) is 0 Å². The van der Waals surface area contributed by atoms with Crippen LogP contribution in [-0.4, -0.2) is 38.8 Å². The predicted octanol–water partition coefficient (Wildman–Crippen LogP) is -0.621. The fourth-order valence-corrected chi connectivity index (χ4v) is 1.04. The first kappa shape index (κ1) is 10.2. The van der Waals surface area contributed by atoms with Gasteiger partial charge in [-0.25, -0.2) is 0 Å². The Balaban J connectivity index is 2.78. The fourth-order valence-electron chi connectivity index (χ4n) is 1.04. The van der Waals surface area contributed by atoms with E-state index >= 15 is 0 Å². The Morgan fingerprint density at radius 1 is 1.71 bits per heavy atom. The van der Waals surface area contributed by atoms with E-state index in [2.05, 4.69) is 0 Å². The van der Waals surface area contributed by atoms with Crippen molar-refractivity contribution in [1.82, 2.24) is 4.90 Å².